The van der Waals surface area contributed by atoms with Crippen molar-refractivity contribution in [3.8, 4) is 80.3 Å². The van der Waals surface area contributed by atoms with E-state index in [2.05, 4.69) is 0 Å². The van der Waals surface area contributed by atoms with Crippen LogP contribution in [0, 0.1) is 0 Å². The van der Waals surface area contributed by atoms with Gasteiger partial charge in [-0.15, -0.1) is 0 Å². The summed E-state index contributed by atoms with van der Waals surface area (Å²) in [5, 5.41) is 257. The number of carboxylic acid groups (broad SMARTS) is 1. The standard InChI is InChI=1S/C82H92O48/c1-112-45-17-32(18-46(113-2)74(45)129-80-72(111)65(104)60(99)49(25-84)124-80)7-13-55(94)115-28-52-63(102)68(107)76(82(127-52)122-47-22-35-43(118-73(47)33-8-9-36(86)37(87)19-33)20-34(85)21-44(35)121-79-71(110)67(106)62(101)51(126-79)29-116-57(96)23-53(91)92)130-81-75(58(97)40(90)26-117-81)128-56(95)14-6-31-4-11-42(39(89)16-31)120-78-70(109)66(105)61(100)50(125-78)27-114-54(93)12-5-30-3-10-41(38(88)15-30)119-77-69(108)64(103)59(98)48(24-83)123-77/h3-22,40,48-52,58-72,75-84,90,97-111H,23-29H2,1-2H3,(H5-,85,86,87,88,89,91,92)/p+1/b12-5-,13-7-,14-6-/t40-,48-,49-,50-,51-,52+,58-,59-,60-,61-,62-,63+,64-,65-,66-,67-,68?,69+,70+,71+,72+,75+,76+,77-,78-,79-,80+,81+,82-/m0/s1. The number of aliphatic carboxylic acids is 1. The van der Waals surface area contributed by atoms with Crippen LogP contribution in [0.5, 0.6) is 69.0 Å². The zero-order valence-electron chi connectivity index (χ0n) is 67.8. The number of methoxy groups -OCH3 is 2. The number of hydrogen-bond acceptors (Lipinski definition) is 46. The van der Waals surface area contributed by atoms with Crippen LogP contribution in [0.25, 0.3) is 40.5 Å². The molecule has 48 heteroatoms. The molecular formula is C82H93O48+. The van der Waals surface area contributed by atoms with Crippen molar-refractivity contribution in [1.29, 1.82) is 0 Å². The van der Waals surface area contributed by atoms with E-state index in [1.165, 1.54) is 62.8 Å². The number of carbonyl (C=O) groups excluding carboxylic acids is 4. The lowest BCUT2D eigenvalue weighted by molar-refractivity contribution is -0.345. The minimum atomic E-state index is -2.35. The van der Waals surface area contributed by atoms with Crippen LogP contribution in [0.4, 0.5) is 0 Å². The first-order valence-electron chi connectivity index (χ1n) is 39.4. The normalized spacial score (nSPS) is 32.3. The molecule has 7 heterocycles. The fraction of sp³-hybridized carbons (Fsp3) is 0.463. The molecule has 0 aliphatic carbocycles. The third kappa shape index (κ3) is 22.6. The van der Waals surface area contributed by atoms with Crippen molar-refractivity contribution in [2.24, 2.45) is 0 Å². The van der Waals surface area contributed by atoms with Gasteiger partial charge in [-0.1, -0.05) is 12.1 Å². The number of fused-ring (bicyclic) bond motifs is 1. The van der Waals surface area contributed by atoms with E-state index in [1.807, 2.05) is 0 Å². The van der Waals surface area contributed by atoms with Gasteiger partial charge in [0.1, 0.15) is 171 Å². The highest BCUT2D eigenvalue weighted by atomic mass is 16.8. The Morgan fingerprint density at radius 3 is 1.33 bits per heavy atom. The van der Waals surface area contributed by atoms with Gasteiger partial charge in [-0.3, -0.25) is 9.59 Å². The summed E-state index contributed by atoms with van der Waals surface area (Å²) in [6, 6.07) is 15.7. The highest BCUT2D eigenvalue weighted by Crippen LogP contribution is 2.46. The SMILES string of the molecule is COc1cc(/C=C\C(=O)OC[C@H]2O[C@H](Oc3cc4c(O[C@H]5O[C@@H](COC(=O)CC(=O)O)[C@H](O)[C@H](O)[C@H]5O)cc(O)cc4[o+]c3-c3ccc(O)c(O)c3)[C@H](O[C@H]3OC[C@H](O)[C@H](O)[C@H]3OC(=O)/C=C\c3ccc(O[C@H]4O[C@@H](COC(=O)/C=C\c5ccc(O[C@H]6O[C@@H](CO)[C@H](O)[C@H](O)[C@H]6O)c(O)c5)[C@H](O)[C@H](O)[C@H]4O)c(O)c3)C(O)[C@@H]2O)cc(OC)c1O[C@H]1O[C@@H](CO)[C@H](O)[C@H](O)[C@H]1O. The molecule has 24 N–H and O–H groups in total. The minimum absolute atomic E-state index is 0.00820. The molecule has 6 aliphatic rings. The molecule has 130 heavy (non-hydrogen) atoms. The molecule has 29 atom stereocenters. The fourth-order valence-corrected chi connectivity index (χ4v) is 13.9. The van der Waals surface area contributed by atoms with Crippen molar-refractivity contribution in [2.75, 3.05) is 53.9 Å². The number of carbonyl (C=O) groups is 5. The van der Waals surface area contributed by atoms with Gasteiger partial charge in [-0.05, 0) is 83.4 Å². The second kappa shape index (κ2) is 42.7. The fourth-order valence-electron chi connectivity index (χ4n) is 13.9. The molecule has 6 aromatic rings. The molecule has 6 fully saturated rings. The topological polar surface area (TPSA) is 748 Å². The van der Waals surface area contributed by atoms with E-state index in [1.54, 1.807) is 0 Å². The quantitative estimate of drug-likeness (QED) is 0.00467. The third-order valence-electron chi connectivity index (χ3n) is 21.1. The van der Waals surface area contributed by atoms with E-state index in [0.29, 0.717) is 0 Å². The third-order valence-corrected chi connectivity index (χ3v) is 21.1. The molecule has 0 saturated carbocycles. The first-order chi connectivity index (χ1) is 61.8. The Balaban J connectivity index is 0.771. The number of benzene rings is 5. The molecule has 48 nitrogen and oxygen atoms in total. The van der Waals surface area contributed by atoms with Gasteiger partial charge in [-0.2, -0.15) is 0 Å². The summed E-state index contributed by atoms with van der Waals surface area (Å²) in [7, 11) is 2.41. The maximum atomic E-state index is 13.9. The number of ether oxygens (including phenoxy) is 18. The van der Waals surface area contributed by atoms with Crippen LogP contribution in [-0.2, 0) is 76.1 Å². The van der Waals surface area contributed by atoms with Gasteiger partial charge in [-0.25, -0.2) is 18.8 Å². The summed E-state index contributed by atoms with van der Waals surface area (Å²) in [6.45, 7) is -5.03. The largest absolute Gasteiger partial charge is 0.507 e. The van der Waals surface area contributed by atoms with Gasteiger partial charge in [0.2, 0.25) is 42.9 Å². The molecule has 12 rings (SSSR count). The van der Waals surface area contributed by atoms with E-state index >= 15 is 0 Å². The van der Waals surface area contributed by atoms with Gasteiger partial charge in [0.25, 0.3) is 0 Å². The number of aliphatic hydroxyl groups is 18. The molecule has 1 aromatic heterocycles. The highest BCUT2D eigenvalue weighted by molar-refractivity contribution is 5.91. The number of phenols is 5. The Morgan fingerprint density at radius 1 is 0.400 bits per heavy atom. The molecule has 0 spiro atoms. The van der Waals surface area contributed by atoms with Crippen molar-refractivity contribution >= 4 is 59.0 Å². The summed E-state index contributed by atoms with van der Waals surface area (Å²) in [5.41, 5.74) is -0.227. The highest BCUT2D eigenvalue weighted by Gasteiger charge is 2.54. The number of carboxylic acids is 1. The number of aromatic hydroxyl groups is 5. The molecule has 1 unspecified atom stereocenters. The van der Waals surface area contributed by atoms with E-state index in [-0.39, 0.29) is 56.2 Å². The zero-order valence-corrected chi connectivity index (χ0v) is 67.8. The average Bonchev–Trinajstić information content (AvgIpc) is 0.778. The van der Waals surface area contributed by atoms with Crippen LogP contribution in [-0.4, -0.2) is 384 Å². The molecular weight excluding hydrogens is 1750 g/mol. The van der Waals surface area contributed by atoms with Gasteiger partial charge in [0.05, 0.1) is 45.7 Å². The van der Waals surface area contributed by atoms with E-state index < -0.39 is 306 Å². The van der Waals surface area contributed by atoms with Crippen LogP contribution in [0.1, 0.15) is 23.1 Å². The minimum Gasteiger partial charge on any atom is -0.507 e. The second-order valence-electron chi connectivity index (χ2n) is 30.0. The number of aliphatic hydroxyl groups excluding tert-OH is 18. The summed E-state index contributed by atoms with van der Waals surface area (Å²) < 4.78 is 108. The van der Waals surface area contributed by atoms with Gasteiger partial charge < -0.3 is 208 Å². The Bertz CT molecular complexity index is 5020. The smallest absolute Gasteiger partial charge is 0.402 e. The van der Waals surface area contributed by atoms with Crippen LogP contribution in [0.15, 0.2) is 108 Å². The van der Waals surface area contributed by atoms with E-state index in [4.69, 9.17) is 94.8 Å². The van der Waals surface area contributed by atoms with Crippen molar-refractivity contribution in [1.82, 2.24) is 0 Å². The van der Waals surface area contributed by atoms with Crippen molar-refractivity contribution < 1.29 is 236 Å². The monoisotopic (exact) mass is 1850 g/mol. The number of phenolic OH excluding ortho intramolecular Hbond substituents is 5. The lowest BCUT2D eigenvalue weighted by atomic mass is 9.98. The summed E-state index contributed by atoms with van der Waals surface area (Å²) >= 11 is 0. The molecule has 0 radical (unpaired) electrons. The number of hydrogen-bond donors (Lipinski definition) is 24. The molecule has 5 aromatic carbocycles. The summed E-state index contributed by atoms with van der Waals surface area (Å²) in [6.07, 6.45) is -50.7. The predicted molar refractivity (Wildman–Crippen MR) is 420 cm³/mol. The first-order valence-corrected chi connectivity index (χ1v) is 39.4. The van der Waals surface area contributed by atoms with Crippen LogP contribution >= 0.6 is 0 Å². The average molecular weight is 1850 g/mol. The van der Waals surface area contributed by atoms with Gasteiger partial charge >= 0.3 is 41.2 Å². The predicted octanol–water partition coefficient (Wildman–Crippen LogP) is -5.90. The van der Waals surface area contributed by atoms with Gasteiger partial charge in [0, 0.05) is 36.4 Å². The molecule has 6 aliphatic heterocycles. The lowest BCUT2D eigenvalue weighted by Crippen LogP contribution is -2.64. The van der Waals surface area contributed by atoms with E-state index in [0.717, 1.165) is 72.8 Å². The number of rotatable bonds is 32. The Kier molecular flexibility index (Phi) is 32.1. The van der Waals surface area contributed by atoms with Crippen LogP contribution in [0.2, 0.25) is 0 Å². The molecule has 0 bridgehead atoms. The number of esters is 4. The van der Waals surface area contributed by atoms with Crippen molar-refractivity contribution in [2.45, 2.75) is 185 Å². The van der Waals surface area contributed by atoms with Crippen molar-refractivity contribution in [3.63, 3.8) is 0 Å². The molecule has 6 saturated heterocycles. The Morgan fingerprint density at radius 2 is 0.846 bits per heavy atom. The van der Waals surface area contributed by atoms with Crippen LogP contribution in [0.3, 0.4) is 0 Å². The maximum Gasteiger partial charge on any atom is 0.402 e. The summed E-state index contributed by atoms with van der Waals surface area (Å²) in [5.74, 6) is -12.6. The Hall–Kier alpha value is -11.3. The van der Waals surface area contributed by atoms with E-state index in [9.17, 15) is 141 Å². The van der Waals surface area contributed by atoms with Gasteiger partial charge in [0.15, 0.2) is 64.5 Å². The molecule has 708 valence electrons. The zero-order chi connectivity index (χ0) is 94.1. The van der Waals surface area contributed by atoms with Crippen molar-refractivity contribution in [3.05, 3.63) is 120 Å². The second-order valence-corrected chi connectivity index (χ2v) is 30.0. The maximum absolute atomic E-state index is 13.9. The first kappa shape index (κ1) is 97.7. The molecule has 0 amide bonds. The lowest BCUT2D eigenvalue weighted by Gasteiger charge is -2.45. The van der Waals surface area contributed by atoms with Crippen LogP contribution < -0.4 is 33.2 Å². The summed E-state index contributed by atoms with van der Waals surface area (Å²) in [4.78, 5) is 64.0. The Labute approximate surface area is 731 Å².